The van der Waals surface area contributed by atoms with Crippen molar-refractivity contribution in [1.29, 1.82) is 0 Å². The SMILES string of the molecule is CC1CCCCN1C(=O)CSc1nc2cc(C(F)(F)F)ccc2n1Cc1ccccc1. The molecule has 4 rings (SSSR count). The van der Waals surface area contributed by atoms with E-state index in [1.54, 1.807) is 0 Å². The van der Waals surface area contributed by atoms with Gasteiger partial charge in [0.1, 0.15) is 0 Å². The van der Waals surface area contributed by atoms with Crippen molar-refractivity contribution >= 4 is 28.7 Å². The van der Waals surface area contributed by atoms with Gasteiger partial charge in [-0.1, -0.05) is 42.1 Å². The zero-order chi connectivity index (χ0) is 22.0. The highest BCUT2D eigenvalue weighted by Crippen LogP contribution is 2.33. The Morgan fingerprint density at radius 1 is 1.16 bits per heavy atom. The number of carbonyl (C=O) groups is 1. The Hall–Kier alpha value is -2.48. The van der Waals surface area contributed by atoms with E-state index >= 15 is 0 Å². The molecule has 0 bridgehead atoms. The molecule has 0 saturated carbocycles. The lowest BCUT2D eigenvalue weighted by Gasteiger charge is -2.33. The van der Waals surface area contributed by atoms with Crippen LogP contribution in [0.15, 0.2) is 53.7 Å². The third-order valence-corrected chi connectivity index (χ3v) is 6.63. The average Bonchev–Trinajstić information content (AvgIpc) is 3.09. The lowest BCUT2D eigenvalue weighted by molar-refractivity contribution is -0.137. The van der Waals surface area contributed by atoms with Gasteiger partial charge in [-0.05, 0) is 49.9 Å². The Balaban J connectivity index is 1.63. The number of thioether (sulfide) groups is 1. The Bertz CT molecular complexity index is 1070. The van der Waals surface area contributed by atoms with Gasteiger partial charge in [0.25, 0.3) is 0 Å². The van der Waals surface area contributed by atoms with Crippen LogP contribution in [0.1, 0.15) is 37.3 Å². The van der Waals surface area contributed by atoms with Crippen molar-refractivity contribution in [1.82, 2.24) is 14.5 Å². The summed E-state index contributed by atoms with van der Waals surface area (Å²) in [5.74, 6) is 0.265. The van der Waals surface area contributed by atoms with E-state index in [0.29, 0.717) is 17.2 Å². The number of likely N-dealkylation sites (tertiary alicyclic amines) is 1. The fraction of sp³-hybridized carbons (Fsp3) is 0.391. The summed E-state index contributed by atoms with van der Waals surface area (Å²) in [5, 5.41) is 0.552. The molecule has 1 amide bonds. The summed E-state index contributed by atoms with van der Waals surface area (Å²) in [4.78, 5) is 19.2. The molecular formula is C23H24F3N3OS. The van der Waals surface area contributed by atoms with Crippen molar-refractivity contribution < 1.29 is 18.0 Å². The number of carbonyl (C=O) groups excluding carboxylic acids is 1. The maximum absolute atomic E-state index is 13.2. The number of aromatic nitrogens is 2. The lowest BCUT2D eigenvalue weighted by atomic mass is 10.0. The van der Waals surface area contributed by atoms with Crippen molar-refractivity contribution in [3.05, 3.63) is 59.7 Å². The van der Waals surface area contributed by atoms with E-state index in [1.165, 1.54) is 17.8 Å². The summed E-state index contributed by atoms with van der Waals surface area (Å²) >= 11 is 1.29. The molecule has 4 nitrogen and oxygen atoms in total. The standard InChI is InChI=1S/C23H24F3N3OS/c1-16-7-5-6-12-28(16)21(30)15-31-22-27-19-13-18(23(24,25)26)10-11-20(19)29(22)14-17-8-3-2-4-9-17/h2-4,8-11,13,16H,5-7,12,14-15H2,1H3. The van der Waals surface area contributed by atoms with Crippen LogP contribution in [0.5, 0.6) is 0 Å². The largest absolute Gasteiger partial charge is 0.416 e. The second kappa shape index (κ2) is 8.94. The summed E-state index contributed by atoms with van der Waals surface area (Å²) in [5.41, 5.74) is 1.20. The first-order valence-electron chi connectivity index (χ1n) is 10.4. The number of hydrogen-bond acceptors (Lipinski definition) is 3. The number of amides is 1. The molecule has 1 fully saturated rings. The fourth-order valence-corrected chi connectivity index (χ4v) is 4.89. The normalized spacial score (nSPS) is 17.3. The van der Waals surface area contributed by atoms with Gasteiger partial charge in [0, 0.05) is 12.6 Å². The third kappa shape index (κ3) is 4.89. The van der Waals surface area contributed by atoms with Crippen molar-refractivity contribution in [2.45, 2.75) is 50.1 Å². The molecule has 2 aromatic carbocycles. The Morgan fingerprint density at radius 2 is 1.94 bits per heavy atom. The van der Waals surface area contributed by atoms with Gasteiger partial charge >= 0.3 is 6.18 Å². The first-order valence-corrected chi connectivity index (χ1v) is 11.3. The number of alkyl halides is 3. The number of hydrogen-bond donors (Lipinski definition) is 0. The first kappa shape index (κ1) is 21.7. The van der Waals surface area contributed by atoms with Crippen LogP contribution in [0, 0.1) is 0 Å². The van der Waals surface area contributed by atoms with E-state index in [9.17, 15) is 18.0 Å². The van der Waals surface area contributed by atoms with Crippen molar-refractivity contribution in [2.24, 2.45) is 0 Å². The Labute approximate surface area is 183 Å². The van der Waals surface area contributed by atoms with E-state index in [4.69, 9.17) is 0 Å². The van der Waals surface area contributed by atoms with Crippen LogP contribution in [0.4, 0.5) is 13.2 Å². The predicted octanol–water partition coefficient (Wildman–Crippen LogP) is 5.60. The van der Waals surface area contributed by atoms with Crippen LogP contribution < -0.4 is 0 Å². The molecule has 8 heteroatoms. The van der Waals surface area contributed by atoms with E-state index in [-0.39, 0.29) is 23.2 Å². The van der Waals surface area contributed by atoms with Gasteiger partial charge < -0.3 is 9.47 Å². The minimum absolute atomic E-state index is 0.0477. The van der Waals surface area contributed by atoms with Gasteiger partial charge in [-0.3, -0.25) is 4.79 Å². The zero-order valence-electron chi connectivity index (χ0n) is 17.2. The van der Waals surface area contributed by atoms with E-state index in [2.05, 4.69) is 11.9 Å². The van der Waals surface area contributed by atoms with Crippen LogP contribution in [0.25, 0.3) is 11.0 Å². The molecule has 0 N–H and O–H groups in total. The topological polar surface area (TPSA) is 38.1 Å². The summed E-state index contributed by atoms with van der Waals surface area (Å²) in [6.45, 7) is 3.29. The number of halogens is 3. The molecule has 1 aromatic heterocycles. The Kier molecular flexibility index (Phi) is 6.27. The monoisotopic (exact) mass is 447 g/mol. The zero-order valence-corrected chi connectivity index (χ0v) is 18.0. The molecule has 164 valence electrons. The molecule has 0 radical (unpaired) electrons. The quantitative estimate of drug-likeness (QED) is 0.478. The molecule has 1 saturated heterocycles. The minimum atomic E-state index is -4.43. The molecule has 0 aliphatic carbocycles. The maximum atomic E-state index is 13.2. The molecule has 1 aliphatic heterocycles. The molecule has 3 aromatic rings. The van der Waals surface area contributed by atoms with Crippen LogP contribution in [0.3, 0.4) is 0 Å². The van der Waals surface area contributed by atoms with Gasteiger partial charge in [-0.15, -0.1) is 0 Å². The molecule has 0 spiro atoms. The summed E-state index contributed by atoms with van der Waals surface area (Å²) in [6, 6.07) is 13.5. The molecule has 2 heterocycles. The maximum Gasteiger partial charge on any atom is 0.416 e. The number of rotatable bonds is 5. The third-order valence-electron chi connectivity index (χ3n) is 5.67. The van der Waals surface area contributed by atoms with E-state index < -0.39 is 11.7 Å². The van der Waals surface area contributed by atoms with Gasteiger partial charge in [-0.2, -0.15) is 13.2 Å². The number of piperidine rings is 1. The van der Waals surface area contributed by atoms with Gasteiger partial charge in [0.05, 0.1) is 28.9 Å². The number of nitrogens with zero attached hydrogens (tertiary/aromatic N) is 3. The van der Waals surface area contributed by atoms with Crippen molar-refractivity contribution in [3.8, 4) is 0 Å². The lowest BCUT2D eigenvalue weighted by Crippen LogP contribution is -2.43. The summed E-state index contributed by atoms with van der Waals surface area (Å²) in [6.07, 6.45) is -1.28. The average molecular weight is 448 g/mol. The van der Waals surface area contributed by atoms with Crippen LogP contribution >= 0.6 is 11.8 Å². The van der Waals surface area contributed by atoms with Crippen LogP contribution in [0.2, 0.25) is 0 Å². The van der Waals surface area contributed by atoms with Crippen LogP contribution in [-0.4, -0.2) is 38.7 Å². The number of imidazole rings is 1. The molecule has 1 unspecified atom stereocenters. The summed E-state index contributed by atoms with van der Waals surface area (Å²) < 4.78 is 41.4. The first-order chi connectivity index (χ1) is 14.8. The van der Waals surface area contributed by atoms with E-state index in [0.717, 1.165) is 43.5 Å². The second-order valence-electron chi connectivity index (χ2n) is 7.89. The van der Waals surface area contributed by atoms with Crippen LogP contribution in [-0.2, 0) is 17.5 Å². The van der Waals surface area contributed by atoms with Gasteiger partial charge in [0.2, 0.25) is 5.91 Å². The smallest absolute Gasteiger partial charge is 0.339 e. The van der Waals surface area contributed by atoms with Crippen molar-refractivity contribution in [2.75, 3.05) is 12.3 Å². The highest BCUT2D eigenvalue weighted by atomic mass is 32.2. The predicted molar refractivity (Wildman–Crippen MR) is 116 cm³/mol. The number of benzene rings is 2. The van der Waals surface area contributed by atoms with Crippen molar-refractivity contribution in [3.63, 3.8) is 0 Å². The number of fused-ring (bicyclic) bond motifs is 1. The minimum Gasteiger partial charge on any atom is -0.339 e. The van der Waals surface area contributed by atoms with Gasteiger partial charge in [-0.25, -0.2) is 4.98 Å². The fourth-order valence-electron chi connectivity index (χ4n) is 3.99. The Morgan fingerprint density at radius 3 is 2.65 bits per heavy atom. The van der Waals surface area contributed by atoms with Gasteiger partial charge in [0.15, 0.2) is 5.16 Å². The van der Waals surface area contributed by atoms with E-state index in [1.807, 2.05) is 39.8 Å². The molecule has 1 atom stereocenters. The molecule has 1 aliphatic rings. The highest BCUT2D eigenvalue weighted by molar-refractivity contribution is 7.99. The molecular weight excluding hydrogens is 423 g/mol. The molecule has 31 heavy (non-hydrogen) atoms. The second-order valence-corrected chi connectivity index (χ2v) is 8.83. The highest BCUT2D eigenvalue weighted by Gasteiger charge is 2.31. The summed E-state index contributed by atoms with van der Waals surface area (Å²) in [7, 11) is 0.